The van der Waals surface area contributed by atoms with E-state index in [0.29, 0.717) is 39.0 Å². The largest absolute Gasteiger partial charge is 0.501 e. The van der Waals surface area contributed by atoms with Crippen LogP contribution in [-0.4, -0.2) is 41.0 Å². The average molecular weight is 441 g/mol. The molecule has 1 heterocycles. The highest BCUT2D eigenvalue weighted by molar-refractivity contribution is 6.60. The predicted molar refractivity (Wildman–Crippen MR) is 120 cm³/mol. The van der Waals surface area contributed by atoms with Gasteiger partial charge in [0.2, 0.25) is 5.79 Å². The summed E-state index contributed by atoms with van der Waals surface area (Å²) in [5.41, 5.74) is 1.02. The molecule has 1 aliphatic rings. The van der Waals surface area contributed by atoms with Gasteiger partial charge in [0.1, 0.15) is 11.5 Å². The molecular weight excluding hydrogens is 400 g/mol. The molecule has 1 aromatic carbocycles. The highest BCUT2D eigenvalue weighted by Crippen LogP contribution is 2.38. The second-order valence-electron chi connectivity index (χ2n) is 7.80. The van der Waals surface area contributed by atoms with Crippen molar-refractivity contribution in [2.75, 3.05) is 26.4 Å². The second-order valence-corrected chi connectivity index (χ2v) is 10.5. The first kappa shape index (κ1) is 25.1. The molecule has 0 N–H and O–H groups in total. The third kappa shape index (κ3) is 6.69. The van der Waals surface area contributed by atoms with Crippen LogP contribution in [0.15, 0.2) is 18.2 Å². The van der Waals surface area contributed by atoms with E-state index >= 15 is 0 Å². The Morgan fingerprint density at radius 1 is 1.07 bits per heavy atom. The fraction of sp³-hybridized carbons (Fsp3) is 0.739. The summed E-state index contributed by atoms with van der Waals surface area (Å²) >= 11 is 0. The van der Waals surface area contributed by atoms with E-state index in [1.807, 2.05) is 45.9 Å². The first-order valence-corrected chi connectivity index (χ1v) is 13.4. The van der Waals surface area contributed by atoms with Crippen LogP contribution in [0.4, 0.5) is 0 Å². The van der Waals surface area contributed by atoms with Crippen molar-refractivity contribution < 1.29 is 27.5 Å². The zero-order chi connectivity index (χ0) is 22.0. The van der Waals surface area contributed by atoms with E-state index < -0.39 is 14.6 Å². The van der Waals surface area contributed by atoms with Crippen LogP contribution in [0.1, 0.15) is 66.4 Å². The molecule has 0 saturated carbocycles. The molecule has 0 saturated heterocycles. The van der Waals surface area contributed by atoms with Crippen molar-refractivity contribution in [1.29, 1.82) is 0 Å². The fourth-order valence-corrected chi connectivity index (χ4v) is 6.32. The summed E-state index contributed by atoms with van der Waals surface area (Å²) in [7, 11) is -2.61. The molecule has 0 bridgehead atoms. The Bertz CT molecular complexity index is 623. The minimum Gasteiger partial charge on any atom is -0.494 e. The van der Waals surface area contributed by atoms with Crippen LogP contribution < -0.4 is 9.47 Å². The van der Waals surface area contributed by atoms with Crippen LogP contribution in [-0.2, 0) is 24.6 Å². The Labute approximate surface area is 183 Å². The first-order valence-electron chi connectivity index (χ1n) is 11.4. The smallest absolute Gasteiger partial charge is 0.494 e. The number of hydrogen-bond donors (Lipinski definition) is 0. The number of rotatable bonds is 14. The minimum absolute atomic E-state index is 0.331. The summed E-state index contributed by atoms with van der Waals surface area (Å²) in [6.45, 7) is 15.2. The van der Waals surface area contributed by atoms with E-state index in [-0.39, 0.29) is 0 Å². The van der Waals surface area contributed by atoms with Gasteiger partial charge in [-0.3, -0.25) is 0 Å². The van der Waals surface area contributed by atoms with Gasteiger partial charge in [-0.05, 0) is 51.8 Å². The van der Waals surface area contributed by atoms with E-state index in [2.05, 4.69) is 13.8 Å². The van der Waals surface area contributed by atoms with E-state index in [9.17, 15) is 0 Å². The Morgan fingerprint density at radius 3 is 2.33 bits per heavy atom. The molecule has 2 rings (SSSR count). The molecule has 0 amide bonds. The molecule has 0 fully saturated rings. The predicted octanol–water partition coefficient (Wildman–Crippen LogP) is 5.57. The maximum absolute atomic E-state index is 6.22. The molecule has 30 heavy (non-hydrogen) atoms. The van der Waals surface area contributed by atoms with Gasteiger partial charge < -0.3 is 27.5 Å². The second kappa shape index (κ2) is 12.1. The maximum Gasteiger partial charge on any atom is 0.501 e. The molecule has 0 aliphatic carbocycles. The van der Waals surface area contributed by atoms with Crippen molar-refractivity contribution in [1.82, 2.24) is 0 Å². The zero-order valence-electron chi connectivity index (χ0n) is 19.6. The van der Waals surface area contributed by atoms with Gasteiger partial charge in [0.05, 0.1) is 13.2 Å². The van der Waals surface area contributed by atoms with Gasteiger partial charge >= 0.3 is 8.80 Å². The molecule has 0 spiro atoms. The zero-order valence-corrected chi connectivity index (χ0v) is 20.6. The van der Waals surface area contributed by atoms with Gasteiger partial charge in [0.25, 0.3) is 0 Å². The van der Waals surface area contributed by atoms with Crippen LogP contribution >= 0.6 is 0 Å². The van der Waals surface area contributed by atoms with Gasteiger partial charge in [-0.25, -0.2) is 0 Å². The number of fused-ring (bicyclic) bond motifs is 1. The normalized spacial score (nSPS) is 19.8. The molecule has 2 atom stereocenters. The van der Waals surface area contributed by atoms with Gasteiger partial charge in [-0.2, -0.15) is 0 Å². The lowest BCUT2D eigenvalue weighted by Crippen LogP contribution is -2.46. The van der Waals surface area contributed by atoms with E-state index in [4.69, 9.17) is 27.5 Å². The van der Waals surface area contributed by atoms with E-state index in [0.717, 1.165) is 42.4 Å². The molecule has 7 heteroatoms. The van der Waals surface area contributed by atoms with Crippen LogP contribution in [0.25, 0.3) is 0 Å². The Hall–Kier alpha value is -1.12. The van der Waals surface area contributed by atoms with Crippen molar-refractivity contribution >= 4 is 8.80 Å². The number of benzene rings is 1. The van der Waals surface area contributed by atoms with E-state index in [1.165, 1.54) is 0 Å². The highest BCUT2D eigenvalue weighted by Gasteiger charge is 2.40. The van der Waals surface area contributed by atoms with E-state index in [1.54, 1.807) is 0 Å². The lowest BCUT2D eigenvalue weighted by atomic mass is 9.95. The first-order chi connectivity index (χ1) is 14.4. The molecule has 1 aromatic rings. The van der Waals surface area contributed by atoms with Crippen LogP contribution in [0.3, 0.4) is 0 Å². The topological polar surface area (TPSA) is 55.4 Å². The van der Waals surface area contributed by atoms with Gasteiger partial charge in [-0.15, -0.1) is 0 Å². The Balaban J connectivity index is 1.91. The van der Waals surface area contributed by atoms with Crippen molar-refractivity contribution in [2.24, 2.45) is 5.92 Å². The standard InChI is InChI=1S/C23H40O6Si/c1-7-12-19(5)23(6)25-18-20-17-21(13-14-22(20)29-23)24-15-11-16-30(26-8-2,27-9-3)28-10-4/h13-14,17,19H,7-12,15-16,18H2,1-6H3. The van der Waals surface area contributed by atoms with Crippen molar-refractivity contribution in [3.05, 3.63) is 23.8 Å². The fourth-order valence-electron chi connectivity index (χ4n) is 3.74. The quantitative estimate of drug-likeness (QED) is 0.279. The lowest BCUT2D eigenvalue weighted by Gasteiger charge is -2.40. The molecule has 2 unspecified atom stereocenters. The SMILES string of the molecule is CCCC(C)C1(C)OCc2cc(OCCC[Si](OCC)(OCC)OCC)ccc2O1. The summed E-state index contributed by atoms with van der Waals surface area (Å²) in [6.07, 6.45) is 3.00. The summed E-state index contributed by atoms with van der Waals surface area (Å²) in [6, 6.07) is 6.71. The highest BCUT2D eigenvalue weighted by atomic mass is 28.4. The van der Waals surface area contributed by atoms with Gasteiger partial charge in [0, 0.05) is 44.3 Å². The molecule has 6 nitrogen and oxygen atoms in total. The Morgan fingerprint density at radius 2 is 1.73 bits per heavy atom. The molecule has 0 radical (unpaired) electrons. The summed E-state index contributed by atoms with van der Waals surface area (Å²) in [5, 5.41) is 0. The maximum atomic E-state index is 6.22. The third-order valence-electron chi connectivity index (χ3n) is 5.46. The van der Waals surface area contributed by atoms with Crippen LogP contribution in [0, 0.1) is 5.92 Å². The molecule has 1 aliphatic heterocycles. The van der Waals surface area contributed by atoms with Gasteiger partial charge in [-0.1, -0.05) is 20.3 Å². The lowest BCUT2D eigenvalue weighted by molar-refractivity contribution is -0.223. The molecule has 172 valence electrons. The number of hydrogen-bond acceptors (Lipinski definition) is 6. The summed E-state index contributed by atoms with van der Waals surface area (Å²) in [5.74, 6) is 1.46. The molecular formula is C23H40O6Si. The minimum atomic E-state index is -2.61. The van der Waals surface area contributed by atoms with Gasteiger partial charge in [0.15, 0.2) is 0 Å². The third-order valence-corrected chi connectivity index (χ3v) is 8.62. The summed E-state index contributed by atoms with van der Waals surface area (Å²) < 4.78 is 36.0. The Kier molecular flexibility index (Phi) is 10.1. The van der Waals surface area contributed by atoms with Crippen molar-refractivity contribution in [3.63, 3.8) is 0 Å². The molecule has 0 aromatic heterocycles. The van der Waals surface area contributed by atoms with Crippen LogP contribution in [0.5, 0.6) is 11.5 Å². The van der Waals surface area contributed by atoms with Crippen molar-refractivity contribution in [3.8, 4) is 11.5 Å². The number of ether oxygens (including phenoxy) is 3. The summed E-state index contributed by atoms with van der Waals surface area (Å²) in [4.78, 5) is 0. The van der Waals surface area contributed by atoms with Crippen molar-refractivity contribution in [2.45, 2.75) is 79.2 Å². The average Bonchev–Trinajstić information content (AvgIpc) is 2.72. The van der Waals surface area contributed by atoms with Crippen LogP contribution in [0.2, 0.25) is 6.04 Å². The monoisotopic (exact) mass is 440 g/mol.